The molecule has 1 fully saturated rings. The Hall–Kier alpha value is -3.00. The molecule has 1 saturated heterocycles. The van der Waals surface area contributed by atoms with Gasteiger partial charge in [-0.25, -0.2) is 15.0 Å². The topological polar surface area (TPSA) is 94.0 Å². The molecule has 1 aliphatic rings. The van der Waals surface area contributed by atoms with Crippen LogP contribution in [0, 0.1) is 6.92 Å². The van der Waals surface area contributed by atoms with E-state index >= 15 is 0 Å². The summed E-state index contributed by atoms with van der Waals surface area (Å²) in [5, 5.41) is 7.21. The van der Waals surface area contributed by atoms with Crippen molar-refractivity contribution in [3.05, 3.63) is 42.1 Å². The second-order valence-corrected chi connectivity index (χ2v) is 7.60. The van der Waals surface area contributed by atoms with Crippen LogP contribution in [-0.4, -0.2) is 44.7 Å². The summed E-state index contributed by atoms with van der Waals surface area (Å²) >= 11 is 0. The van der Waals surface area contributed by atoms with Crippen molar-refractivity contribution in [3.8, 4) is 0 Å². The highest BCUT2D eigenvalue weighted by molar-refractivity contribution is 6.07. The van der Waals surface area contributed by atoms with Gasteiger partial charge in [0.05, 0.1) is 11.1 Å². The van der Waals surface area contributed by atoms with Crippen molar-refractivity contribution in [1.29, 1.82) is 0 Å². The summed E-state index contributed by atoms with van der Waals surface area (Å²) in [6.45, 7) is 7.42. The SMILES string of the molecule is Cc1nccc(Nc2cc3c(cn2)c(C(=O)NC2CCOCC2)cn3C(C)C)n1. The maximum atomic E-state index is 13.0. The Labute approximate surface area is 169 Å². The molecule has 0 radical (unpaired) electrons. The molecular weight excluding hydrogens is 368 g/mol. The average Bonchev–Trinajstić information content (AvgIpc) is 3.08. The van der Waals surface area contributed by atoms with Crippen molar-refractivity contribution < 1.29 is 9.53 Å². The molecule has 0 unspecified atom stereocenters. The third-order valence-corrected chi connectivity index (χ3v) is 5.11. The zero-order chi connectivity index (χ0) is 20.4. The summed E-state index contributed by atoms with van der Waals surface area (Å²) in [6.07, 6.45) is 7.07. The fourth-order valence-electron chi connectivity index (χ4n) is 3.58. The number of fused-ring (bicyclic) bond motifs is 1. The molecule has 1 amide bonds. The van der Waals surface area contributed by atoms with E-state index in [0.29, 0.717) is 36.2 Å². The van der Waals surface area contributed by atoms with Gasteiger partial charge < -0.3 is 19.9 Å². The molecule has 0 spiro atoms. The number of pyridine rings is 1. The molecule has 4 rings (SSSR count). The van der Waals surface area contributed by atoms with E-state index in [4.69, 9.17) is 4.74 Å². The number of anilines is 2. The summed E-state index contributed by atoms with van der Waals surface area (Å²) in [7, 11) is 0. The first-order valence-corrected chi connectivity index (χ1v) is 9.97. The Morgan fingerprint density at radius 2 is 2.03 bits per heavy atom. The minimum Gasteiger partial charge on any atom is -0.381 e. The van der Waals surface area contributed by atoms with E-state index < -0.39 is 0 Å². The predicted octanol–water partition coefficient (Wildman–Crippen LogP) is 3.37. The molecule has 3 aromatic rings. The summed E-state index contributed by atoms with van der Waals surface area (Å²) in [4.78, 5) is 25.9. The van der Waals surface area contributed by atoms with Crippen molar-refractivity contribution in [3.63, 3.8) is 0 Å². The van der Waals surface area contributed by atoms with E-state index in [9.17, 15) is 4.79 Å². The molecule has 152 valence electrons. The van der Waals surface area contributed by atoms with Crippen LogP contribution < -0.4 is 10.6 Å². The average molecular weight is 394 g/mol. The van der Waals surface area contributed by atoms with Gasteiger partial charge in [0.2, 0.25) is 0 Å². The molecule has 0 aliphatic carbocycles. The van der Waals surface area contributed by atoms with E-state index in [1.54, 1.807) is 18.5 Å². The Bertz CT molecular complexity index is 1020. The van der Waals surface area contributed by atoms with Crippen LogP contribution in [0.4, 0.5) is 11.6 Å². The van der Waals surface area contributed by atoms with Gasteiger partial charge in [0.15, 0.2) is 0 Å². The zero-order valence-electron chi connectivity index (χ0n) is 17.0. The van der Waals surface area contributed by atoms with Gasteiger partial charge in [-0.1, -0.05) is 0 Å². The fourth-order valence-corrected chi connectivity index (χ4v) is 3.58. The summed E-state index contributed by atoms with van der Waals surface area (Å²) in [5.74, 6) is 1.99. The van der Waals surface area contributed by atoms with Crippen LogP contribution >= 0.6 is 0 Å². The van der Waals surface area contributed by atoms with E-state index in [1.165, 1.54) is 0 Å². The maximum Gasteiger partial charge on any atom is 0.253 e. The number of nitrogens with one attached hydrogen (secondary N) is 2. The van der Waals surface area contributed by atoms with E-state index in [2.05, 4.69) is 44.0 Å². The number of rotatable bonds is 5. The maximum absolute atomic E-state index is 13.0. The lowest BCUT2D eigenvalue weighted by molar-refractivity contribution is 0.0697. The summed E-state index contributed by atoms with van der Waals surface area (Å²) in [5.41, 5.74) is 1.61. The van der Waals surface area contributed by atoms with Gasteiger partial charge in [0.25, 0.3) is 5.91 Å². The fraction of sp³-hybridized carbons (Fsp3) is 0.429. The van der Waals surface area contributed by atoms with Crippen molar-refractivity contribution in [2.75, 3.05) is 18.5 Å². The van der Waals surface area contributed by atoms with Gasteiger partial charge in [-0.3, -0.25) is 4.79 Å². The number of aromatic nitrogens is 4. The molecule has 8 heteroatoms. The van der Waals surface area contributed by atoms with Crippen molar-refractivity contribution in [2.24, 2.45) is 0 Å². The van der Waals surface area contributed by atoms with E-state index in [-0.39, 0.29) is 18.0 Å². The molecule has 0 bridgehead atoms. The van der Waals surface area contributed by atoms with Crippen LogP contribution in [0.15, 0.2) is 30.7 Å². The van der Waals surface area contributed by atoms with Gasteiger partial charge >= 0.3 is 0 Å². The van der Waals surface area contributed by atoms with Gasteiger partial charge in [0.1, 0.15) is 17.5 Å². The number of hydrogen-bond donors (Lipinski definition) is 2. The van der Waals surface area contributed by atoms with Gasteiger partial charge in [-0.05, 0) is 39.7 Å². The third kappa shape index (κ3) is 4.22. The minimum atomic E-state index is -0.0600. The van der Waals surface area contributed by atoms with Crippen LogP contribution in [0.25, 0.3) is 10.9 Å². The van der Waals surface area contributed by atoms with Crippen LogP contribution in [0.5, 0.6) is 0 Å². The van der Waals surface area contributed by atoms with Crippen LogP contribution in [0.1, 0.15) is 48.9 Å². The lowest BCUT2D eigenvalue weighted by Gasteiger charge is -2.22. The predicted molar refractivity (Wildman–Crippen MR) is 111 cm³/mol. The number of carbonyl (C=O) groups excluding carboxylic acids is 1. The van der Waals surface area contributed by atoms with Crippen molar-refractivity contribution in [2.45, 2.75) is 45.7 Å². The lowest BCUT2D eigenvalue weighted by Crippen LogP contribution is -2.38. The highest BCUT2D eigenvalue weighted by Crippen LogP contribution is 2.27. The zero-order valence-corrected chi connectivity index (χ0v) is 17.0. The molecule has 8 nitrogen and oxygen atoms in total. The third-order valence-electron chi connectivity index (χ3n) is 5.11. The number of hydrogen-bond acceptors (Lipinski definition) is 6. The van der Waals surface area contributed by atoms with Crippen LogP contribution in [0.3, 0.4) is 0 Å². The highest BCUT2D eigenvalue weighted by Gasteiger charge is 2.21. The smallest absolute Gasteiger partial charge is 0.253 e. The first-order valence-electron chi connectivity index (χ1n) is 9.97. The van der Waals surface area contributed by atoms with E-state index in [0.717, 1.165) is 23.7 Å². The Kier molecular flexibility index (Phi) is 5.44. The van der Waals surface area contributed by atoms with Gasteiger partial charge in [-0.2, -0.15) is 0 Å². The molecule has 2 N–H and O–H groups in total. The van der Waals surface area contributed by atoms with Crippen molar-refractivity contribution in [1.82, 2.24) is 24.8 Å². The van der Waals surface area contributed by atoms with Crippen LogP contribution in [0.2, 0.25) is 0 Å². The number of aryl methyl sites for hydroxylation is 1. The van der Waals surface area contributed by atoms with Gasteiger partial charge in [-0.15, -0.1) is 0 Å². The van der Waals surface area contributed by atoms with Crippen LogP contribution in [-0.2, 0) is 4.74 Å². The molecule has 0 aromatic carbocycles. The quantitative estimate of drug-likeness (QED) is 0.689. The first kappa shape index (κ1) is 19.3. The molecular formula is C21H26N6O2. The Morgan fingerprint density at radius 1 is 1.24 bits per heavy atom. The highest BCUT2D eigenvalue weighted by atomic mass is 16.5. The number of carbonyl (C=O) groups is 1. The molecule has 1 aliphatic heterocycles. The standard InChI is InChI=1S/C21H26N6O2/c1-13(2)27-12-17(21(28)25-15-5-8-29-9-6-15)16-11-23-20(10-18(16)27)26-19-4-7-22-14(3)24-19/h4,7,10-13,15H,5-6,8-9H2,1-3H3,(H,25,28)(H,22,23,24,26). The molecule has 0 atom stereocenters. The lowest BCUT2D eigenvalue weighted by atomic mass is 10.1. The van der Waals surface area contributed by atoms with E-state index in [1.807, 2.05) is 19.2 Å². The number of amides is 1. The second kappa shape index (κ2) is 8.16. The summed E-state index contributed by atoms with van der Waals surface area (Å²) < 4.78 is 7.48. The van der Waals surface area contributed by atoms with Crippen molar-refractivity contribution >= 4 is 28.4 Å². The molecule has 29 heavy (non-hydrogen) atoms. The molecule has 3 aromatic heterocycles. The molecule has 0 saturated carbocycles. The normalized spacial score (nSPS) is 15.0. The first-order chi connectivity index (χ1) is 14.0. The van der Waals surface area contributed by atoms with Gasteiger partial charge in [0, 0.05) is 55.3 Å². The number of nitrogens with zero attached hydrogens (tertiary/aromatic N) is 4. The largest absolute Gasteiger partial charge is 0.381 e. The molecule has 4 heterocycles. The summed E-state index contributed by atoms with van der Waals surface area (Å²) in [6, 6.07) is 4.12. The number of ether oxygens (including phenoxy) is 1. The second-order valence-electron chi connectivity index (χ2n) is 7.60. The monoisotopic (exact) mass is 394 g/mol. The Balaban J connectivity index is 1.65. The minimum absolute atomic E-state index is 0.0600. The Morgan fingerprint density at radius 3 is 2.76 bits per heavy atom.